The molecule has 1 atom stereocenters. The third-order valence-electron chi connectivity index (χ3n) is 5.41. The Kier molecular flexibility index (Phi) is 7.46. The van der Waals surface area contributed by atoms with Crippen LogP contribution in [0, 0.1) is 5.92 Å². The molecule has 166 valence electrons. The highest BCUT2D eigenvalue weighted by molar-refractivity contribution is 7.89. The molecule has 1 aliphatic rings. The minimum Gasteiger partial charge on any atom is -0.326 e. The van der Waals surface area contributed by atoms with E-state index in [2.05, 4.69) is 10.0 Å². The number of unbranched alkanes of at least 4 members (excludes halogenated alkanes) is 1. The summed E-state index contributed by atoms with van der Waals surface area (Å²) in [6, 6.07) is 13.8. The van der Waals surface area contributed by atoms with E-state index in [9.17, 15) is 18.0 Å². The number of rotatable bonds is 9. The molecule has 7 nitrogen and oxygen atoms in total. The second kappa shape index (κ2) is 10.1. The first kappa shape index (κ1) is 23.0. The summed E-state index contributed by atoms with van der Waals surface area (Å²) in [6.45, 7) is 4.75. The molecule has 1 fully saturated rings. The van der Waals surface area contributed by atoms with Crippen molar-refractivity contribution in [2.24, 2.45) is 5.92 Å². The molecule has 1 unspecified atom stereocenters. The number of anilines is 2. The number of aryl methyl sites for hydroxylation is 1. The minimum absolute atomic E-state index is 0.0688. The van der Waals surface area contributed by atoms with Crippen molar-refractivity contribution in [3.8, 4) is 0 Å². The minimum atomic E-state index is -3.56. The lowest BCUT2D eigenvalue weighted by Crippen LogP contribution is -2.28. The number of sulfonamides is 1. The molecule has 0 bridgehead atoms. The van der Waals surface area contributed by atoms with Gasteiger partial charge in [0.25, 0.3) is 0 Å². The zero-order valence-electron chi connectivity index (χ0n) is 17.9. The standard InChI is InChI=1S/C23H29N3O4S/c1-3-5-14-24-31(29,30)20-12-10-19(11-13-20)25-23(28)18-15-22(27)26(16-18)21-9-7-6-8-17(21)4-2/h6-13,18,24H,3-5,14-16H2,1-2H3,(H,25,28). The Labute approximate surface area is 183 Å². The first-order valence-corrected chi connectivity index (χ1v) is 12.1. The van der Waals surface area contributed by atoms with Crippen molar-refractivity contribution >= 4 is 33.2 Å². The van der Waals surface area contributed by atoms with Crippen LogP contribution in [0.3, 0.4) is 0 Å². The van der Waals surface area contributed by atoms with Gasteiger partial charge in [-0.1, -0.05) is 38.5 Å². The first-order chi connectivity index (χ1) is 14.9. The van der Waals surface area contributed by atoms with Gasteiger partial charge in [-0.3, -0.25) is 9.59 Å². The quantitative estimate of drug-likeness (QED) is 0.581. The molecule has 1 aliphatic heterocycles. The van der Waals surface area contributed by atoms with Crippen molar-refractivity contribution in [3.63, 3.8) is 0 Å². The van der Waals surface area contributed by atoms with Crippen LogP contribution in [-0.4, -0.2) is 33.3 Å². The summed E-state index contributed by atoms with van der Waals surface area (Å²) in [5.74, 6) is -0.779. The van der Waals surface area contributed by atoms with Crippen LogP contribution in [0.5, 0.6) is 0 Å². The van der Waals surface area contributed by atoms with Gasteiger partial charge >= 0.3 is 0 Å². The summed E-state index contributed by atoms with van der Waals surface area (Å²) >= 11 is 0. The second-order valence-electron chi connectivity index (χ2n) is 7.65. The normalized spacial score (nSPS) is 16.5. The van der Waals surface area contributed by atoms with Crippen molar-refractivity contribution in [1.82, 2.24) is 4.72 Å². The van der Waals surface area contributed by atoms with Crippen molar-refractivity contribution in [1.29, 1.82) is 0 Å². The molecule has 2 aromatic rings. The first-order valence-electron chi connectivity index (χ1n) is 10.6. The van der Waals surface area contributed by atoms with E-state index >= 15 is 0 Å². The summed E-state index contributed by atoms with van der Waals surface area (Å²) in [5, 5.41) is 2.80. The van der Waals surface area contributed by atoms with Crippen molar-refractivity contribution in [2.75, 3.05) is 23.3 Å². The summed E-state index contributed by atoms with van der Waals surface area (Å²) in [6.07, 6.45) is 2.63. The number of hydrogen-bond acceptors (Lipinski definition) is 4. The lowest BCUT2D eigenvalue weighted by Gasteiger charge is -2.20. The van der Waals surface area contributed by atoms with Gasteiger partial charge in [0.15, 0.2) is 0 Å². The zero-order chi connectivity index (χ0) is 22.4. The van der Waals surface area contributed by atoms with Crippen LogP contribution in [0.2, 0.25) is 0 Å². The van der Waals surface area contributed by atoms with Gasteiger partial charge in [-0.25, -0.2) is 13.1 Å². The zero-order valence-corrected chi connectivity index (χ0v) is 18.7. The van der Waals surface area contributed by atoms with E-state index in [0.717, 1.165) is 30.5 Å². The van der Waals surface area contributed by atoms with E-state index in [-0.39, 0.29) is 23.1 Å². The number of benzene rings is 2. The lowest BCUT2D eigenvalue weighted by molar-refractivity contribution is -0.122. The summed E-state index contributed by atoms with van der Waals surface area (Å²) in [7, 11) is -3.56. The summed E-state index contributed by atoms with van der Waals surface area (Å²) < 4.78 is 27.1. The van der Waals surface area contributed by atoms with Crippen LogP contribution in [0.1, 0.15) is 38.7 Å². The predicted molar refractivity (Wildman–Crippen MR) is 121 cm³/mol. The van der Waals surface area contributed by atoms with Gasteiger partial charge in [0.05, 0.1) is 10.8 Å². The maximum absolute atomic E-state index is 12.7. The molecular formula is C23H29N3O4S. The Morgan fingerprint density at radius 3 is 2.48 bits per heavy atom. The molecule has 3 rings (SSSR count). The molecule has 1 saturated heterocycles. The van der Waals surface area contributed by atoms with E-state index in [4.69, 9.17) is 0 Å². The van der Waals surface area contributed by atoms with Crippen LogP contribution in [0.15, 0.2) is 53.4 Å². The number of carbonyl (C=O) groups is 2. The maximum Gasteiger partial charge on any atom is 0.240 e. The molecule has 2 aromatic carbocycles. The van der Waals surface area contributed by atoms with E-state index in [1.165, 1.54) is 12.1 Å². The van der Waals surface area contributed by atoms with Gasteiger partial charge in [-0.15, -0.1) is 0 Å². The predicted octanol–water partition coefficient (Wildman–Crippen LogP) is 3.32. The third-order valence-corrected chi connectivity index (χ3v) is 6.89. The smallest absolute Gasteiger partial charge is 0.240 e. The molecule has 31 heavy (non-hydrogen) atoms. The average molecular weight is 444 g/mol. The van der Waals surface area contributed by atoms with Gasteiger partial charge in [-0.05, 0) is 48.7 Å². The van der Waals surface area contributed by atoms with E-state index in [1.54, 1.807) is 17.0 Å². The monoisotopic (exact) mass is 443 g/mol. The Bertz CT molecular complexity index is 1040. The van der Waals surface area contributed by atoms with Gasteiger partial charge in [0.2, 0.25) is 21.8 Å². The highest BCUT2D eigenvalue weighted by Gasteiger charge is 2.35. The number of hydrogen-bond donors (Lipinski definition) is 2. The van der Waals surface area contributed by atoms with Gasteiger partial charge in [0.1, 0.15) is 0 Å². The molecule has 1 heterocycles. The molecule has 0 spiro atoms. The molecule has 2 amide bonds. The van der Waals surface area contributed by atoms with Crippen LogP contribution >= 0.6 is 0 Å². The van der Waals surface area contributed by atoms with Gasteiger partial charge in [0, 0.05) is 30.9 Å². The number of para-hydroxylation sites is 1. The van der Waals surface area contributed by atoms with Crippen LogP contribution in [0.25, 0.3) is 0 Å². The van der Waals surface area contributed by atoms with Crippen LogP contribution in [0.4, 0.5) is 11.4 Å². The molecular weight excluding hydrogens is 414 g/mol. The molecule has 0 radical (unpaired) electrons. The number of nitrogens with zero attached hydrogens (tertiary/aromatic N) is 1. The van der Waals surface area contributed by atoms with Crippen molar-refractivity contribution in [2.45, 2.75) is 44.4 Å². The Balaban J connectivity index is 1.64. The highest BCUT2D eigenvalue weighted by atomic mass is 32.2. The van der Waals surface area contributed by atoms with E-state index in [0.29, 0.717) is 18.8 Å². The van der Waals surface area contributed by atoms with Crippen LogP contribution in [-0.2, 0) is 26.0 Å². The molecule has 2 N–H and O–H groups in total. The second-order valence-corrected chi connectivity index (χ2v) is 9.42. The lowest BCUT2D eigenvalue weighted by atomic mass is 10.1. The van der Waals surface area contributed by atoms with Gasteiger partial charge in [-0.2, -0.15) is 0 Å². The number of carbonyl (C=O) groups excluding carboxylic acids is 2. The summed E-state index contributed by atoms with van der Waals surface area (Å²) in [5.41, 5.74) is 2.43. The molecule has 0 aliphatic carbocycles. The Morgan fingerprint density at radius 1 is 1.10 bits per heavy atom. The number of amides is 2. The topological polar surface area (TPSA) is 95.6 Å². The van der Waals surface area contributed by atoms with Crippen LogP contribution < -0.4 is 14.9 Å². The van der Waals surface area contributed by atoms with E-state index < -0.39 is 15.9 Å². The molecule has 8 heteroatoms. The fraction of sp³-hybridized carbons (Fsp3) is 0.391. The Hall–Kier alpha value is -2.71. The molecule has 0 saturated carbocycles. The SMILES string of the molecule is CCCCNS(=O)(=O)c1ccc(NC(=O)C2CC(=O)N(c3ccccc3CC)C2)cc1. The largest absolute Gasteiger partial charge is 0.326 e. The van der Waals surface area contributed by atoms with Crippen molar-refractivity contribution < 1.29 is 18.0 Å². The summed E-state index contributed by atoms with van der Waals surface area (Å²) in [4.78, 5) is 27.1. The average Bonchev–Trinajstić information content (AvgIpc) is 3.16. The van der Waals surface area contributed by atoms with Crippen molar-refractivity contribution in [3.05, 3.63) is 54.1 Å². The maximum atomic E-state index is 12.7. The fourth-order valence-corrected chi connectivity index (χ4v) is 4.69. The Morgan fingerprint density at radius 2 is 1.81 bits per heavy atom. The molecule has 0 aromatic heterocycles. The highest BCUT2D eigenvalue weighted by Crippen LogP contribution is 2.29. The fourth-order valence-electron chi connectivity index (χ4n) is 3.62. The third kappa shape index (κ3) is 5.51. The van der Waals surface area contributed by atoms with E-state index in [1.807, 2.05) is 38.1 Å². The number of nitrogens with one attached hydrogen (secondary N) is 2. The van der Waals surface area contributed by atoms with Gasteiger partial charge < -0.3 is 10.2 Å².